The van der Waals surface area contributed by atoms with Crippen molar-refractivity contribution in [3.63, 3.8) is 0 Å². The van der Waals surface area contributed by atoms with Gasteiger partial charge in [0, 0.05) is 5.88 Å². The van der Waals surface area contributed by atoms with E-state index >= 15 is 0 Å². The molecule has 0 fully saturated rings. The zero-order chi connectivity index (χ0) is 11.4. The van der Waals surface area contributed by atoms with Crippen LogP contribution < -0.4 is 4.74 Å². The molecule has 0 saturated heterocycles. The summed E-state index contributed by atoms with van der Waals surface area (Å²) in [5.74, 6) is 1.42. The Morgan fingerprint density at radius 1 is 1.00 bits per heavy atom. The average molecular weight is 233 g/mol. The van der Waals surface area contributed by atoms with Crippen LogP contribution in [0.1, 0.15) is 5.56 Å². The van der Waals surface area contributed by atoms with Gasteiger partial charge >= 0.3 is 0 Å². The molecule has 0 amide bonds. The van der Waals surface area contributed by atoms with Gasteiger partial charge in [0.25, 0.3) is 0 Å². The van der Waals surface area contributed by atoms with Gasteiger partial charge in [-0.3, -0.25) is 0 Å². The third kappa shape index (κ3) is 2.37. The normalized spacial score (nSPS) is 10.1. The molecule has 1 nitrogen and oxygen atoms in total. The lowest BCUT2D eigenvalue weighted by atomic mass is 10.0. The van der Waals surface area contributed by atoms with E-state index in [1.165, 1.54) is 11.1 Å². The lowest BCUT2D eigenvalue weighted by Crippen LogP contribution is -1.84. The van der Waals surface area contributed by atoms with Crippen molar-refractivity contribution in [1.29, 1.82) is 0 Å². The minimum Gasteiger partial charge on any atom is -0.497 e. The fourth-order valence-electron chi connectivity index (χ4n) is 1.62. The molecule has 2 rings (SSSR count). The Balaban J connectivity index is 2.34. The first-order valence-electron chi connectivity index (χ1n) is 5.13. The van der Waals surface area contributed by atoms with Crippen molar-refractivity contribution in [1.82, 2.24) is 0 Å². The summed E-state index contributed by atoms with van der Waals surface area (Å²) in [6.45, 7) is 0. The lowest BCUT2D eigenvalue weighted by molar-refractivity contribution is 0.415. The maximum absolute atomic E-state index is 5.81. The number of benzene rings is 2. The summed E-state index contributed by atoms with van der Waals surface area (Å²) in [5, 5.41) is 0. The van der Waals surface area contributed by atoms with Gasteiger partial charge in [-0.15, -0.1) is 11.6 Å². The molecular weight excluding hydrogens is 220 g/mol. The van der Waals surface area contributed by atoms with Crippen LogP contribution in [0.25, 0.3) is 11.1 Å². The third-order valence-corrected chi connectivity index (χ3v) is 2.81. The van der Waals surface area contributed by atoms with Crippen molar-refractivity contribution in [3.05, 3.63) is 54.1 Å². The molecule has 0 aliphatic heterocycles. The zero-order valence-corrected chi connectivity index (χ0v) is 9.87. The Morgan fingerprint density at radius 3 is 2.38 bits per heavy atom. The van der Waals surface area contributed by atoms with E-state index in [0.717, 1.165) is 11.3 Å². The highest BCUT2D eigenvalue weighted by molar-refractivity contribution is 6.17. The van der Waals surface area contributed by atoms with Crippen LogP contribution in [0.2, 0.25) is 0 Å². The minimum absolute atomic E-state index is 0.546. The molecule has 0 aromatic heterocycles. The molecule has 0 saturated carbocycles. The van der Waals surface area contributed by atoms with E-state index in [9.17, 15) is 0 Å². The molecule has 2 aromatic carbocycles. The van der Waals surface area contributed by atoms with E-state index in [1.807, 2.05) is 36.4 Å². The number of hydrogen-bond acceptors (Lipinski definition) is 1. The highest BCUT2D eigenvalue weighted by Crippen LogP contribution is 2.23. The Hall–Kier alpha value is -1.47. The van der Waals surface area contributed by atoms with Crippen molar-refractivity contribution in [2.75, 3.05) is 7.11 Å². The average Bonchev–Trinajstić information content (AvgIpc) is 2.39. The predicted molar refractivity (Wildman–Crippen MR) is 68.0 cm³/mol. The topological polar surface area (TPSA) is 9.23 Å². The highest BCUT2D eigenvalue weighted by atomic mass is 35.5. The van der Waals surface area contributed by atoms with Gasteiger partial charge < -0.3 is 4.74 Å². The molecule has 16 heavy (non-hydrogen) atoms. The first kappa shape index (κ1) is 11.0. The van der Waals surface area contributed by atoms with Crippen molar-refractivity contribution < 1.29 is 4.74 Å². The highest BCUT2D eigenvalue weighted by Gasteiger charge is 1.99. The van der Waals surface area contributed by atoms with Crippen LogP contribution in [0, 0.1) is 0 Å². The summed E-state index contributed by atoms with van der Waals surface area (Å²) in [4.78, 5) is 0. The molecule has 0 unspecified atom stereocenters. The second kappa shape index (κ2) is 5.04. The first-order chi connectivity index (χ1) is 7.83. The van der Waals surface area contributed by atoms with Crippen molar-refractivity contribution in [2.45, 2.75) is 5.88 Å². The molecule has 0 N–H and O–H groups in total. The third-order valence-electron chi connectivity index (χ3n) is 2.50. The van der Waals surface area contributed by atoms with Crippen molar-refractivity contribution in [3.8, 4) is 16.9 Å². The van der Waals surface area contributed by atoms with Crippen LogP contribution in [-0.2, 0) is 5.88 Å². The molecule has 2 heteroatoms. The van der Waals surface area contributed by atoms with E-state index in [4.69, 9.17) is 16.3 Å². The van der Waals surface area contributed by atoms with E-state index in [1.54, 1.807) is 7.11 Å². The van der Waals surface area contributed by atoms with Crippen LogP contribution in [0.15, 0.2) is 48.5 Å². The fraction of sp³-hybridized carbons (Fsp3) is 0.143. The Kier molecular flexibility index (Phi) is 3.47. The molecule has 0 bridgehead atoms. The maximum Gasteiger partial charge on any atom is 0.118 e. The number of ether oxygens (including phenoxy) is 1. The molecule has 0 aliphatic carbocycles. The Morgan fingerprint density at radius 2 is 1.75 bits per heavy atom. The van der Waals surface area contributed by atoms with Crippen LogP contribution in [0.4, 0.5) is 0 Å². The molecular formula is C14H13ClO. The van der Waals surface area contributed by atoms with Gasteiger partial charge in [0.1, 0.15) is 5.75 Å². The van der Waals surface area contributed by atoms with Gasteiger partial charge in [-0.25, -0.2) is 0 Å². The molecule has 82 valence electrons. The number of hydrogen-bond donors (Lipinski definition) is 0. The van der Waals surface area contributed by atoms with Crippen molar-refractivity contribution >= 4 is 11.6 Å². The van der Waals surface area contributed by atoms with E-state index < -0.39 is 0 Å². The van der Waals surface area contributed by atoms with Gasteiger partial charge in [0.15, 0.2) is 0 Å². The smallest absolute Gasteiger partial charge is 0.118 e. The summed E-state index contributed by atoms with van der Waals surface area (Å²) in [6, 6.07) is 16.3. The quantitative estimate of drug-likeness (QED) is 0.724. The van der Waals surface area contributed by atoms with Crippen LogP contribution in [0.5, 0.6) is 5.75 Å². The molecule has 0 aliphatic rings. The molecule has 0 radical (unpaired) electrons. The summed E-state index contributed by atoms with van der Waals surface area (Å²) in [6.07, 6.45) is 0. The summed E-state index contributed by atoms with van der Waals surface area (Å²) in [5.41, 5.74) is 3.49. The lowest BCUT2D eigenvalue weighted by Gasteiger charge is -2.05. The van der Waals surface area contributed by atoms with Crippen molar-refractivity contribution in [2.24, 2.45) is 0 Å². The van der Waals surface area contributed by atoms with Gasteiger partial charge in [0.05, 0.1) is 7.11 Å². The van der Waals surface area contributed by atoms with Gasteiger partial charge in [0.2, 0.25) is 0 Å². The first-order valence-corrected chi connectivity index (χ1v) is 5.66. The second-order valence-corrected chi connectivity index (χ2v) is 3.83. The SMILES string of the molecule is COc1ccc(-c2cccc(CCl)c2)cc1. The molecule has 0 atom stereocenters. The van der Waals surface area contributed by atoms with E-state index in [0.29, 0.717) is 5.88 Å². The summed E-state index contributed by atoms with van der Waals surface area (Å²) < 4.78 is 5.13. The predicted octanol–water partition coefficient (Wildman–Crippen LogP) is 4.10. The zero-order valence-electron chi connectivity index (χ0n) is 9.11. The van der Waals surface area contributed by atoms with E-state index in [2.05, 4.69) is 12.1 Å². The van der Waals surface area contributed by atoms with Crippen LogP contribution >= 0.6 is 11.6 Å². The standard InChI is InChI=1S/C14H13ClO/c1-16-14-7-5-12(6-8-14)13-4-2-3-11(9-13)10-15/h2-9H,10H2,1H3. The summed E-state index contributed by atoms with van der Waals surface area (Å²) >= 11 is 5.81. The maximum atomic E-state index is 5.81. The van der Waals surface area contributed by atoms with Crippen LogP contribution in [0.3, 0.4) is 0 Å². The molecule has 2 aromatic rings. The largest absolute Gasteiger partial charge is 0.497 e. The summed E-state index contributed by atoms with van der Waals surface area (Å²) in [7, 11) is 1.67. The van der Waals surface area contributed by atoms with Gasteiger partial charge in [-0.2, -0.15) is 0 Å². The van der Waals surface area contributed by atoms with Gasteiger partial charge in [-0.1, -0.05) is 30.3 Å². The molecule has 0 spiro atoms. The molecule has 0 heterocycles. The Bertz CT molecular complexity index is 462. The van der Waals surface area contributed by atoms with Gasteiger partial charge in [-0.05, 0) is 34.9 Å². The monoisotopic (exact) mass is 232 g/mol. The number of methoxy groups -OCH3 is 1. The second-order valence-electron chi connectivity index (χ2n) is 3.56. The van der Waals surface area contributed by atoms with Crippen LogP contribution in [-0.4, -0.2) is 7.11 Å². The van der Waals surface area contributed by atoms with E-state index in [-0.39, 0.29) is 0 Å². The fourth-order valence-corrected chi connectivity index (χ4v) is 1.78. The minimum atomic E-state index is 0.546. The number of halogens is 1. The number of rotatable bonds is 3. The number of alkyl halides is 1. The Labute approximate surface area is 101 Å².